The van der Waals surface area contributed by atoms with Crippen molar-refractivity contribution in [1.29, 1.82) is 0 Å². The molecular weight excluding hydrogens is 256 g/mol. The van der Waals surface area contributed by atoms with Crippen molar-refractivity contribution < 1.29 is 0 Å². The highest BCUT2D eigenvalue weighted by Crippen LogP contribution is 2.27. The van der Waals surface area contributed by atoms with E-state index in [1.54, 1.807) is 0 Å². The molecule has 2 aliphatic rings. The van der Waals surface area contributed by atoms with E-state index in [0.717, 1.165) is 12.5 Å². The fraction of sp³-hybridized carbons (Fsp3) is 0.684. The molecule has 1 aliphatic heterocycles. The van der Waals surface area contributed by atoms with Crippen LogP contribution >= 0.6 is 0 Å². The molecule has 1 saturated heterocycles. The maximum Gasteiger partial charge on any atom is 0.0366 e. The fourth-order valence-electron chi connectivity index (χ4n) is 3.88. The van der Waals surface area contributed by atoms with E-state index < -0.39 is 0 Å². The van der Waals surface area contributed by atoms with Crippen LogP contribution in [-0.2, 0) is 6.54 Å². The van der Waals surface area contributed by atoms with Gasteiger partial charge in [0.1, 0.15) is 0 Å². The lowest BCUT2D eigenvalue weighted by atomic mass is 9.99. The third kappa shape index (κ3) is 4.00. The molecule has 1 unspecified atom stereocenters. The first kappa shape index (κ1) is 14.9. The van der Waals surface area contributed by atoms with E-state index in [-0.39, 0.29) is 0 Å². The van der Waals surface area contributed by atoms with Gasteiger partial charge in [-0.25, -0.2) is 0 Å². The van der Waals surface area contributed by atoms with Crippen LogP contribution in [0.2, 0.25) is 0 Å². The molecule has 1 aliphatic carbocycles. The van der Waals surface area contributed by atoms with Crippen LogP contribution in [0, 0.1) is 5.92 Å². The molecule has 2 heteroatoms. The van der Waals surface area contributed by atoms with Crippen LogP contribution < -0.4 is 10.2 Å². The number of nitrogens with zero attached hydrogens (tertiary/aromatic N) is 1. The number of hydrogen-bond donors (Lipinski definition) is 1. The van der Waals surface area contributed by atoms with Crippen LogP contribution in [0.1, 0.15) is 57.4 Å². The predicted molar refractivity (Wildman–Crippen MR) is 90.8 cm³/mol. The molecule has 0 amide bonds. The molecule has 1 saturated carbocycles. The second kappa shape index (κ2) is 7.31. The second-order valence-corrected chi connectivity index (χ2v) is 6.93. The SMILES string of the molecule is CC(NCc1ccc(N2CCCCC2)cc1)C1CCCC1. The van der Waals surface area contributed by atoms with Crippen LogP contribution in [0.5, 0.6) is 0 Å². The molecule has 1 N–H and O–H groups in total. The fourth-order valence-corrected chi connectivity index (χ4v) is 3.88. The zero-order valence-electron chi connectivity index (χ0n) is 13.5. The number of hydrogen-bond acceptors (Lipinski definition) is 2. The Morgan fingerprint density at radius 1 is 1.00 bits per heavy atom. The van der Waals surface area contributed by atoms with E-state index >= 15 is 0 Å². The number of nitrogens with one attached hydrogen (secondary N) is 1. The molecule has 0 spiro atoms. The molecule has 1 aromatic rings. The summed E-state index contributed by atoms with van der Waals surface area (Å²) in [5.74, 6) is 0.901. The van der Waals surface area contributed by atoms with Gasteiger partial charge >= 0.3 is 0 Å². The Morgan fingerprint density at radius 2 is 1.67 bits per heavy atom. The van der Waals surface area contributed by atoms with Crippen LogP contribution in [0.4, 0.5) is 5.69 Å². The standard InChI is InChI=1S/C19H30N2/c1-16(18-7-3-4-8-18)20-15-17-9-11-19(12-10-17)21-13-5-2-6-14-21/h9-12,16,18,20H,2-8,13-15H2,1H3. The summed E-state index contributed by atoms with van der Waals surface area (Å²) in [5, 5.41) is 3.73. The van der Waals surface area contributed by atoms with Crippen molar-refractivity contribution in [2.75, 3.05) is 18.0 Å². The average Bonchev–Trinajstić information content (AvgIpc) is 3.08. The first-order valence-electron chi connectivity index (χ1n) is 8.90. The number of piperidine rings is 1. The Balaban J connectivity index is 1.49. The normalized spacial score (nSPS) is 21.7. The summed E-state index contributed by atoms with van der Waals surface area (Å²) in [6.07, 6.45) is 9.80. The Kier molecular flexibility index (Phi) is 5.18. The van der Waals surface area contributed by atoms with Gasteiger partial charge in [-0.05, 0) is 62.6 Å². The Morgan fingerprint density at radius 3 is 2.33 bits per heavy atom. The summed E-state index contributed by atoms with van der Waals surface area (Å²) in [5.41, 5.74) is 2.82. The molecule has 2 fully saturated rings. The van der Waals surface area contributed by atoms with E-state index in [9.17, 15) is 0 Å². The Bertz CT molecular complexity index is 414. The summed E-state index contributed by atoms with van der Waals surface area (Å²) in [4.78, 5) is 2.53. The van der Waals surface area contributed by atoms with E-state index in [4.69, 9.17) is 0 Å². The zero-order valence-corrected chi connectivity index (χ0v) is 13.5. The van der Waals surface area contributed by atoms with Gasteiger partial charge in [-0.15, -0.1) is 0 Å². The minimum absolute atomic E-state index is 0.661. The summed E-state index contributed by atoms with van der Waals surface area (Å²) < 4.78 is 0. The van der Waals surface area contributed by atoms with Gasteiger partial charge in [0.15, 0.2) is 0 Å². The molecule has 1 heterocycles. The van der Waals surface area contributed by atoms with Crippen molar-refractivity contribution in [2.24, 2.45) is 5.92 Å². The predicted octanol–water partition coefficient (Wildman–Crippen LogP) is 4.35. The maximum absolute atomic E-state index is 3.73. The topological polar surface area (TPSA) is 15.3 Å². The molecular formula is C19H30N2. The van der Waals surface area contributed by atoms with Crippen molar-refractivity contribution in [2.45, 2.75) is 64.5 Å². The second-order valence-electron chi connectivity index (χ2n) is 6.93. The van der Waals surface area contributed by atoms with Gasteiger partial charge in [0, 0.05) is 31.4 Å². The molecule has 2 nitrogen and oxygen atoms in total. The first-order valence-corrected chi connectivity index (χ1v) is 8.90. The lowest BCUT2D eigenvalue weighted by Crippen LogP contribution is -2.31. The van der Waals surface area contributed by atoms with Gasteiger partial charge < -0.3 is 10.2 Å². The van der Waals surface area contributed by atoms with Crippen LogP contribution in [-0.4, -0.2) is 19.1 Å². The third-order valence-corrected chi connectivity index (χ3v) is 5.39. The summed E-state index contributed by atoms with van der Waals surface area (Å²) in [7, 11) is 0. The summed E-state index contributed by atoms with van der Waals surface area (Å²) >= 11 is 0. The van der Waals surface area contributed by atoms with E-state index in [0.29, 0.717) is 6.04 Å². The van der Waals surface area contributed by atoms with Gasteiger partial charge in [0.25, 0.3) is 0 Å². The van der Waals surface area contributed by atoms with E-state index in [2.05, 4.69) is 41.4 Å². The van der Waals surface area contributed by atoms with Gasteiger partial charge in [0.05, 0.1) is 0 Å². The van der Waals surface area contributed by atoms with Crippen LogP contribution in [0.3, 0.4) is 0 Å². The monoisotopic (exact) mass is 286 g/mol. The highest BCUT2D eigenvalue weighted by molar-refractivity contribution is 5.47. The molecule has 0 bridgehead atoms. The molecule has 3 rings (SSSR count). The highest BCUT2D eigenvalue weighted by Gasteiger charge is 2.20. The van der Waals surface area contributed by atoms with Gasteiger partial charge in [-0.1, -0.05) is 25.0 Å². The first-order chi connectivity index (χ1) is 10.3. The smallest absolute Gasteiger partial charge is 0.0366 e. The van der Waals surface area contributed by atoms with E-state index in [1.807, 2.05) is 0 Å². The minimum Gasteiger partial charge on any atom is -0.372 e. The number of anilines is 1. The van der Waals surface area contributed by atoms with Gasteiger partial charge in [-0.3, -0.25) is 0 Å². The molecule has 0 radical (unpaired) electrons. The van der Waals surface area contributed by atoms with Crippen molar-refractivity contribution in [3.05, 3.63) is 29.8 Å². The molecule has 1 aromatic carbocycles. The summed E-state index contributed by atoms with van der Waals surface area (Å²) in [6, 6.07) is 9.89. The molecule has 1 atom stereocenters. The summed E-state index contributed by atoms with van der Waals surface area (Å²) in [6.45, 7) is 5.84. The Hall–Kier alpha value is -1.02. The van der Waals surface area contributed by atoms with E-state index in [1.165, 1.54) is 69.3 Å². The Labute approximate surface area is 129 Å². The quantitative estimate of drug-likeness (QED) is 0.866. The minimum atomic E-state index is 0.661. The third-order valence-electron chi connectivity index (χ3n) is 5.39. The molecule has 21 heavy (non-hydrogen) atoms. The average molecular weight is 286 g/mol. The van der Waals surface area contributed by atoms with Crippen LogP contribution in [0.15, 0.2) is 24.3 Å². The molecule has 0 aromatic heterocycles. The van der Waals surface area contributed by atoms with Crippen molar-refractivity contribution in [1.82, 2.24) is 5.32 Å². The van der Waals surface area contributed by atoms with Crippen molar-refractivity contribution >= 4 is 5.69 Å². The van der Waals surface area contributed by atoms with Crippen molar-refractivity contribution in [3.63, 3.8) is 0 Å². The molecule has 116 valence electrons. The zero-order chi connectivity index (χ0) is 14.5. The number of rotatable bonds is 5. The highest BCUT2D eigenvalue weighted by atomic mass is 15.1. The number of benzene rings is 1. The lowest BCUT2D eigenvalue weighted by Gasteiger charge is -2.29. The lowest BCUT2D eigenvalue weighted by molar-refractivity contribution is 0.380. The van der Waals surface area contributed by atoms with Gasteiger partial charge in [0.2, 0.25) is 0 Å². The largest absolute Gasteiger partial charge is 0.372 e. The van der Waals surface area contributed by atoms with Crippen molar-refractivity contribution in [3.8, 4) is 0 Å². The maximum atomic E-state index is 3.73. The van der Waals surface area contributed by atoms with Crippen LogP contribution in [0.25, 0.3) is 0 Å². The van der Waals surface area contributed by atoms with Gasteiger partial charge in [-0.2, -0.15) is 0 Å².